The molecule has 4 heteroatoms. The van der Waals surface area contributed by atoms with E-state index in [2.05, 4.69) is 35.9 Å². The average Bonchev–Trinajstić information content (AvgIpc) is 2.59. The third-order valence-corrected chi connectivity index (χ3v) is 6.93. The van der Waals surface area contributed by atoms with Crippen molar-refractivity contribution in [3.05, 3.63) is 34.4 Å². The lowest BCUT2D eigenvalue weighted by Gasteiger charge is -2.41. The molecule has 0 N–H and O–H groups in total. The second kappa shape index (κ2) is 7.76. The summed E-state index contributed by atoms with van der Waals surface area (Å²) < 4.78 is 0. The summed E-state index contributed by atoms with van der Waals surface area (Å²) in [5.74, 6) is 1.63. The van der Waals surface area contributed by atoms with Gasteiger partial charge in [-0.15, -0.1) is 0 Å². The van der Waals surface area contributed by atoms with Crippen LogP contribution in [-0.2, 0) is 24.0 Å². The van der Waals surface area contributed by atoms with Crippen LogP contribution in [0.1, 0.15) is 41.5 Å². The summed E-state index contributed by atoms with van der Waals surface area (Å²) in [5.41, 5.74) is 6.27. The summed E-state index contributed by atoms with van der Waals surface area (Å²) in [4.78, 5) is 17.0. The van der Waals surface area contributed by atoms with Crippen LogP contribution >= 0.6 is 0 Å². The number of likely N-dealkylation sites (tertiary alicyclic amines) is 2. The Morgan fingerprint density at radius 2 is 2.08 bits per heavy atom. The van der Waals surface area contributed by atoms with Crippen LogP contribution in [0.5, 0.6) is 0 Å². The second-order valence-electron chi connectivity index (χ2n) is 9.04. The summed E-state index contributed by atoms with van der Waals surface area (Å²) in [7, 11) is 3.52. The molecule has 1 atom stereocenters. The van der Waals surface area contributed by atoms with Crippen molar-refractivity contribution in [1.82, 2.24) is 9.80 Å². The first-order valence-electron chi connectivity index (χ1n) is 10.7. The molecule has 1 unspecified atom stereocenters. The van der Waals surface area contributed by atoms with Crippen LogP contribution in [0, 0.1) is 18.8 Å². The lowest BCUT2D eigenvalue weighted by molar-refractivity contribution is -0.138. The molecule has 0 bridgehead atoms. The molecule has 1 amide bonds. The Hall–Kier alpha value is -1.29. The Labute approximate surface area is 159 Å². The molecule has 26 heavy (non-hydrogen) atoms. The monoisotopic (exact) mass is 352 g/mol. The zero-order chi connectivity index (χ0) is 18.1. The molecule has 0 aromatic heterocycles. The van der Waals surface area contributed by atoms with Gasteiger partial charge in [0.2, 0.25) is 5.91 Å². The number of hydrogen-bond acceptors (Lipinski definition) is 2. The highest BCUT2D eigenvalue weighted by atomic mass is 16.2. The van der Waals surface area contributed by atoms with E-state index >= 15 is 0 Å². The van der Waals surface area contributed by atoms with Crippen molar-refractivity contribution < 1.29 is 4.79 Å². The van der Waals surface area contributed by atoms with Gasteiger partial charge in [0.15, 0.2) is 0 Å². The number of benzene rings is 1. The van der Waals surface area contributed by atoms with Crippen molar-refractivity contribution in [2.45, 2.75) is 51.7 Å². The van der Waals surface area contributed by atoms with Gasteiger partial charge < -0.3 is 9.80 Å². The molecule has 0 saturated carbocycles. The topological polar surface area (TPSA) is 23.6 Å². The molecule has 140 valence electrons. The molecule has 1 aromatic carbocycles. The van der Waals surface area contributed by atoms with Gasteiger partial charge in [0.1, 0.15) is 7.28 Å². The smallest absolute Gasteiger partial charge is 0.222 e. The minimum absolute atomic E-state index is 0.392. The first-order chi connectivity index (χ1) is 12.6. The Bertz CT molecular complexity index is 668. The van der Waals surface area contributed by atoms with Gasteiger partial charge in [-0.3, -0.25) is 4.79 Å². The van der Waals surface area contributed by atoms with Crippen LogP contribution in [0.2, 0.25) is 6.32 Å². The molecule has 0 spiro atoms. The highest BCUT2D eigenvalue weighted by molar-refractivity contribution is 6.35. The molecular formula is C22H33BN2O. The summed E-state index contributed by atoms with van der Waals surface area (Å²) in [6.45, 7) is 6.55. The number of rotatable bonds is 4. The fraction of sp³-hybridized carbons (Fsp3) is 0.682. The van der Waals surface area contributed by atoms with E-state index in [0.29, 0.717) is 17.7 Å². The molecule has 2 saturated heterocycles. The predicted molar refractivity (Wildman–Crippen MR) is 109 cm³/mol. The molecule has 1 aromatic rings. The zero-order valence-electron chi connectivity index (χ0n) is 16.6. The molecule has 4 rings (SSSR count). The van der Waals surface area contributed by atoms with E-state index in [0.717, 1.165) is 32.5 Å². The van der Waals surface area contributed by atoms with E-state index in [-0.39, 0.29) is 0 Å². The fourth-order valence-corrected chi connectivity index (χ4v) is 5.31. The van der Waals surface area contributed by atoms with Gasteiger partial charge in [-0.25, -0.2) is 0 Å². The lowest BCUT2D eigenvalue weighted by Crippen LogP contribution is -2.51. The number of amides is 1. The number of piperidine rings is 1. The minimum atomic E-state index is 0.392. The number of aryl methyl sites for hydroxylation is 1. The summed E-state index contributed by atoms with van der Waals surface area (Å²) in [6, 6.07) is 4.74. The van der Waals surface area contributed by atoms with Crippen molar-refractivity contribution in [2.24, 2.45) is 11.8 Å². The number of hydrogen-bond donors (Lipinski definition) is 0. The zero-order valence-corrected chi connectivity index (χ0v) is 16.6. The van der Waals surface area contributed by atoms with Crippen molar-refractivity contribution in [3.8, 4) is 0 Å². The first-order valence-corrected chi connectivity index (χ1v) is 10.7. The van der Waals surface area contributed by atoms with Gasteiger partial charge in [-0.2, -0.15) is 0 Å². The van der Waals surface area contributed by atoms with Gasteiger partial charge in [0, 0.05) is 26.1 Å². The maximum atomic E-state index is 12.6. The maximum Gasteiger partial charge on any atom is 0.222 e. The summed E-state index contributed by atoms with van der Waals surface area (Å²) >= 11 is 0. The molecule has 0 radical (unpaired) electrons. The van der Waals surface area contributed by atoms with Gasteiger partial charge >= 0.3 is 0 Å². The second-order valence-corrected chi connectivity index (χ2v) is 9.04. The number of carbonyl (C=O) groups excluding carboxylic acids is 1. The Morgan fingerprint density at radius 1 is 1.23 bits per heavy atom. The first kappa shape index (κ1) is 18.1. The quantitative estimate of drug-likeness (QED) is 0.778. The van der Waals surface area contributed by atoms with E-state index in [4.69, 9.17) is 0 Å². The number of nitrogens with zero attached hydrogens (tertiary/aromatic N) is 2. The minimum Gasteiger partial charge on any atom is -0.342 e. The van der Waals surface area contributed by atoms with Crippen LogP contribution < -0.4 is 0 Å². The molecule has 0 aliphatic carbocycles. The highest BCUT2D eigenvalue weighted by Crippen LogP contribution is 2.29. The predicted octanol–water partition coefficient (Wildman–Crippen LogP) is 2.64. The Kier molecular flexibility index (Phi) is 5.40. The molecule has 2 fully saturated rings. The van der Waals surface area contributed by atoms with Gasteiger partial charge in [0.25, 0.3) is 0 Å². The Morgan fingerprint density at radius 3 is 2.88 bits per heavy atom. The van der Waals surface area contributed by atoms with E-state index in [1.807, 2.05) is 0 Å². The van der Waals surface area contributed by atoms with Gasteiger partial charge in [-0.05, 0) is 80.3 Å². The molecule has 3 aliphatic heterocycles. The molecular weight excluding hydrogens is 319 g/mol. The van der Waals surface area contributed by atoms with E-state index in [9.17, 15) is 4.79 Å². The van der Waals surface area contributed by atoms with Crippen LogP contribution in [0.3, 0.4) is 0 Å². The average molecular weight is 352 g/mol. The van der Waals surface area contributed by atoms with Crippen molar-refractivity contribution in [1.29, 1.82) is 0 Å². The fourth-order valence-electron chi connectivity index (χ4n) is 5.31. The van der Waals surface area contributed by atoms with Crippen molar-refractivity contribution in [3.63, 3.8) is 0 Å². The SMILES string of the molecule is Cc1c(CC2CN(C(=O)CC3CCCN(C)C3)C2)ccc2c1CBCC2. The number of carbonyl (C=O) groups is 1. The third kappa shape index (κ3) is 3.85. The van der Waals surface area contributed by atoms with Crippen LogP contribution in [0.15, 0.2) is 12.1 Å². The van der Waals surface area contributed by atoms with E-state index < -0.39 is 0 Å². The maximum absolute atomic E-state index is 12.6. The standard InChI is InChI=1S/C22H33BN2O/c1-16-20(6-5-19-7-8-23-12-21(16)19)10-18-14-25(15-18)22(26)11-17-4-3-9-24(2)13-17/h5-6,17-18,23H,3-4,7-15H2,1-2H3. The molecule has 3 heterocycles. The number of fused-ring (bicyclic) bond motifs is 1. The van der Waals surface area contributed by atoms with Gasteiger partial charge in [-0.1, -0.05) is 24.8 Å². The van der Waals surface area contributed by atoms with Crippen molar-refractivity contribution in [2.75, 3.05) is 33.2 Å². The molecule has 3 nitrogen and oxygen atoms in total. The third-order valence-electron chi connectivity index (χ3n) is 6.93. The molecule has 3 aliphatic rings. The van der Waals surface area contributed by atoms with Crippen LogP contribution in [-0.4, -0.2) is 56.2 Å². The van der Waals surface area contributed by atoms with Crippen LogP contribution in [0.4, 0.5) is 0 Å². The van der Waals surface area contributed by atoms with Crippen molar-refractivity contribution >= 4 is 13.2 Å². The summed E-state index contributed by atoms with van der Waals surface area (Å²) in [5, 5.41) is 0. The van der Waals surface area contributed by atoms with E-state index in [1.165, 1.54) is 56.9 Å². The normalized spacial score (nSPS) is 23.9. The van der Waals surface area contributed by atoms with Gasteiger partial charge in [0.05, 0.1) is 0 Å². The summed E-state index contributed by atoms with van der Waals surface area (Å²) in [6.07, 6.45) is 8.25. The van der Waals surface area contributed by atoms with Crippen LogP contribution in [0.25, 0.3) is 0 Å². The Balaban J connectivity index is 1.28. The lowest BCUT2D eigenvalue weighted by atomic mass is 9.61. The van der Waals surface area contributed by atoms with E-state index in [1.54, 1.807) is 11.1 Å². The highest BCUT2D eigenvalue weighted by Gasteiger charge is 2.32. The largest absolute Gasteiger partial charge is 0.342 e.